The lowest BCUT2D eigenvalue weighted by Crippen LogP contribution is -2.24. The van der Waals surface area contributed by atoms with Crippen molar-refractivity contribution in [1.82, 2.24) is 0 Å². The monoisotopic (exact) mass is 231 g/mol. The van der Waals surface area contributed by atoms with Gasteiger partial charge in [0.2, 0.25) is 0 Å². The van der Waals surface area contributed by atoms with Crippen LogP contribution in [0.25, 0.3) is 0 Å². The zero-order valence-corrected chi connectivity index (χ0v) is 9.85. The van der Waals surface area contributed by atoms with Gasteiger partial charge in [0.15, 0.2) is 0 Å². The molecule has 1 atom stereocenters. The molecule has 0 bridgehead atoms. The van der Waals surface area contributed by atoms with Gasteiger partial charge in [-0.05, 0) is 19.3 Å². The molecule has 0 amide bonds. The van der Waals surface area contributed by atoms with Crippen LogP contribution in [0, 0.1) is 16.7 Å². The molecule has 1 aliphatic heterocycles. The van der Waals surface area contributed by atoms with Gasteiger partial charge in [0, 0.05) is 12.4 Å². The predicted octanol–water partition coefficient (Wildman–Crippen LogP) is 1.13. The number of ether oxygens (including phenoxy) is 1. The minimum atomic E-state index is -2.97. The van der Waals surface area contributed by atoms with E-state index in [-0.39, 0.29) is 11.5 Å². The Labute approximate surface area is 91.1 Å². The highest BCUT2D eigenvalue weighted by atomic mass is 32.2. The van der Waals surface area contributed by atoms with Crippen molar-refractivity contribution in [2.75, 3.05) is 24.7 Å². The Morgan fingerprint density at radius 3 is 2.67 bits per heavy atom. The summed E-state index contributed by atoms with van der Waals surface area (Å²) in [6.07, 6.45) is 1.70. The number of hydrogen-bond acceptors (Lipinski definition) is 4. The highest BCUT2D eigenvalue weighted by Crippen LogP contribution is 2.31. The van der Waals surface area contributed by atoms with Crippen LogP contribution < -0.4 is 0 Å². The Bertz CT molecular complexity index is 336. The maximum Gasteiger partial charge on any atom is 0.150 e. The fourth-order valence-electron chi connectivity index (χ4n) is 1.71. The highest BCUT2D eigenvalue weighted by Gasteiger charge is 2.35. The maximum absolute atomic E-state index is 11.5. The molecule has 0 saturated carbocycles. The van der Waals surface area contributed by atoms with E-state index in [9.17, 15) is 8.42 Å². The first-order chi connectivity index (χ1) is 7.04. The van der Waals surface area contributed by atoms with E-state index in [0.717, 1.165) is 0 Å². The van der Waals surface area contributed by atoms with Gasteiger partial charge >= 0.3 is 0 Å². The van der Waals surface area contributed by atoms with Crippen molar-refractivity contribution in [3.63, 3.8) is 0 Å². The summed E-state index contributed by atoms with van der Waals surface area (Å²) in [5.74, 6) is 0.327. The summed E-state index contributed by atoms with van der Waals surface area (Å²) >= 11 is 0. The first kappa shape index (κ1) is 12.5. The molecule has 0 aromatic carbocycles. The molecule has 1 rings (SSSR count). The van der Waals surface area contributed by atoms with E-state index in [1.165, 1.54) is 0 Å². The van der Waals surface area contributed by atoms with Gasteiger partial charge in [-0.15, -0.1) is 0 Å². The SMILES string of the molecule is CCCS(=O)(=O)CCC1(C#N)CCOC1. The van der Waals surface area contributed by atoms with Gasteiger partial charge in [-0.3, -0.25) is 0 Å². The van der Waals surface area contributed by atoms with Crippen LogP contribution in [0.1, 0.15) is 26.2 Å². The van der Waals surface area contributed by atoms with E-state index >= 15 is 0 Å². The Hall–Kier alpha value is -0.600. The summed E-state index contributed by atoms with van der Waals surface area (Å²) in [6.45, 7) is 2.79. The molecular formula is C10H17NO3S. The van der Waals surface area contributed by atoms with Crippen molar-refractivity contribution in [2.45, 2.75) is 26.2 Å². The zero-order valence-electron chi connectivity index (χ0n) is 9.03. The van der Waals surface area contributed by atoms with E-state index < -0.39 is 15.3 Å². The smallest absolute Gasteiger partial charge is 0.150 e. The number of hydrogen-bond donors (Lipinski definition) is 0. The summed E-state index contributed by atoms with van der Waals surface area (Å²) in [7, 11) is -2.97. The lowest BCUT2D eigenvalue weighted by molar-refractivity contribution is 0.170. The molecule has 1 aliphatic rings. The number of rotatable bonds is 5. The Morgan fingerprint density at radius 2 is 2.20 bits per heavy atom. The molecule has 0 aromatic heterocycles. The van der Waals surface area contributed by atoms with Crippen LogP contribution in [-0.2, 0) is 14.6 Å². The van der Waals surface area contributed by atoms with Crippen molar-refractivity contribution in [2.24, 2.45) is 5.41 Å². The molecule has 1 saturated heterocycles. The van der Waals surface area contributed by atoms with Gasteiger partial charge in [-0.1, -0.05) is 6.92 Å². The highest BCUT2D eigenvalue weighted by molar-refractivity contribution is 7.91. The first-order valence-corrected chi connectivity index (χ1v) is 7.05. The minimum Gasteiger partial charge on any atom is -0.380 e. The van der Waals surface area contributed by atoms with Crippen LogP contribution >= 0.6 is 0 Å². The quantitative estimate of drug-likeness (QED) is 0.711. The molecule has 1 heterocycles. The van der Waals surface area contributed by atoms with Gasteiger partial charge < -0.3 is 4.74 Å². The molecule has 0 aliphatic carbocycles. The first-order valence-electron chi connectivity index (χ1n) is 5.23. The molecule has 1 fully saturated rings. The standard InChI is InChI=1S/C10H17NO3S/c1-2-6-15(12,13)7-4-10(8-11)3-5-14-9-10/h2-7,9H2,1H3. The third-order valence-electron chi connectivity index (χ3n) is 2.75. The lowest BCUT2D eigenvalue weighted by Gasteiger charge is -2.17. The largest absolute Gasteiger partial charge is 0.380 e. The molecule has 4 nitrogen and oxygen atoms in total. The molecular weight excluding hydrogens is 214 g/mol. The summed E-state index contributed by atoms with van der Waals surface area (Å²) in [4.78, 5) is 0. The fourth-order valence-corrected chi connectivity index (χ4v) is 3.24. The average molecular weight is 231 g/mol. The second kappa shape index (κ2) is 4.95. The number of nitriles is 1. The van der Waals surface area contributed by atoms with Crippen molar-refractivity contribution in [1.29, 1.82) is 5.26 Å². The summed E-state index contributed by atoms with van der Waals surface area (Å²) in [5.41, 5.74) is -0.555. The second-order valence-electron chi connectivity index (χ2n) is 4.10. The van der Waals surface area contributed by atoms with Gasteiger partial charge in [0.05, 0.1) is 23.8 Å². The van der Waals surface area contributed by atoms with E-state index in [1.807, 2.05) is 6.92 Å². The van der Waals surface area contributed by atoms with Crippen LogP contribution in [0.5, 0.6) is 0 Å². The van der Waals surface area contributed by atoms with Crippen LogP contribution in [-0.4, -0.2) is 33.1 Å². The van der Waals surface area contributed by atoms with E-state index in [1.54, 1.807) is 0 Å². The number of nitrogens with zero attached hydrogens (tertiary/aromatic N) is 1. The maximum atomic E-state index is 11.5. The summed E-state index contributed by atoms with van der Waals surface area (Å²) < 4.78 is 28.1. The zero-order chi connectivity index (χ0) is 11.4. The fraction of sp³-hybridized carbons (Fsp3) is 0.900. The van der Waals surface area contributed by atoms with Crippen LogP contribution in [0.3, 0.4) is 0 Å². The number of sulfone groups is 1. The Kier molecular flexibility index (Phi) is 4.12. The molecule has 86 valence electrons. The average Bonchev–Trinajstić information content (AvgIpc) is 2.64. The summed E-state index contributed by atoms with van der Waals surface area (Å²) in [6, 6.07) is 2.20. The van der Waals surface area contributed by atoms with E-state index in [2.05, 4.69) is 6.07 Å². The molecule has 0 spiro atoms. The van der Waals surface area contributed by atoms with Gasteiger partial charge in [-0.2, -0.15) is 5.26 Å². The second-order valence-corrected chi connectivity index (χ2v) is 6.40. The molecule has 5 heteroatoms. The van der Waals surface area contributed by atoms with E-state index in [4.69, 9.17) is 10.00 Å². The van der Waals surface area contributed by atoms with Gasteiger partial charge in [0.25, 0.3) is 0 Å². The molecule has 0 N–H and O–H groups in total. The molecule has 0 radical (unpaired) electrons. The van der Waals surface area contributed by atoms with Crippen LogP contribution in [0.4, 0.5) is 0 Å². The third-order valence-corrected chi connectivity index (χ3v) is 4.60. The Balaban J connectivity index is 2.52. The topological polar surface area (TPSA) is 67.2 Å². The Morgan fingerprint density at radius 1 is 1.47 bits per heavy atom. The molecule has 0 aromatic rings. The van der Waals surface area contributed by atoms with Gasteiger partial charge in [-0.25, -0.2) is 8.42 Å². The van der Waals surface area contributed by atoms with Crippen molar-refractivity contribution < 1.29 is 13.2 Å². The third kappa shape index (κ3) is 3.47. The van der Waals surface area contributed by atoms with E-state index in [0.29, 0.717) is 32.5 Å². The van der Waals surface area contributed by atoms with Crippen molar-refractivity contribution in [3.8, 4) is 6.07 Å². The molecule has 1 unspecified atom stereocenters. The normalized spacial score (nSPS) is 26.4. The predicted molar refractivity (Wildman–Crippen MR) is 57.0 cm³/mol. The van der Waals surface area contributed by atoms with Crippen LogP contribution in [0.2, 0.25) is 0 Å². The summed E-state index contributed by atoms with van der Waals surface area (Å²) in [5, 5.41) is 9.02. The molecule has 15 heavy (non-hydrogen) atoms. The lowest BCUT2D eigenvalue weighted by atomic mass is 9.86. The van der Waals surface area contributed by atoms with Crippen LogP contribution in [0.15, 0.2) is 0 Å². The minimum absolute atomic E-state index is 0.109. The van der Waals surface area contributed by atoms with Crippen molar-refractivity contribution >= 4 is 9.84 Å². The van der Waals surface area contributed by atoms with Gasteiger partial charge in [0.1, 0.15) is 9.84 Å². The van der Waals surface area contributed by atoms with Crippen molar-refractivity contribution in [3.05, 3.63) is 0 Å².